The number of carbonyl (C=O) groups is 1. The predicted molar refractivity (Wildman–Crippen MR) is 128 cm³/mol. The minimum atomic E-state index is -0.0207. The van der Waals surface area contributed by atoms with Gasteiger partial charge in [-0.15, -0.1) is 10.2 Å². The lowest BCUT2D eigenvalue weighted by Gasteiger charge is -2.30. The van der Waals surface area contributed by atoms with Crippen molar-refractivity contribution in [1.29, 1.82) is 0 Å². The lowest BCUT2D eigenvalue weighted by atomic mass is 9.98. The van der Waals surface area contributed by atoms with Gasteiger partial charge < -0.3 is 4.42 Å². The van der Waals surface area contributed by atoms with Gasteiger partial charge in [0, 0.05) is 16.2 Å². The van der Waals surface area contributed by atoms with Gasteiger partial charge in [0.15, 0.2) is 0 Å². The van der Waals surface area contributed by atoms with Crippen LogP contribution in [0.25, 0.3) is 0 Å². The zero-order valence-electron chi connectivity index (χ0n) is 17.5. The molecule has 32 heavy (non-hydrogen) atoms. The monoisotopic (exact) mass is 459 g/mol. The van der Waals surface area contributed by atoms with Gasteiger partial charge in [0.2, 0.25) is 11.8 Å². The van der Waals surface area contributed by atoms with Crippen LogP contribution in [0.5, 0.6) is 0 Å². The van der Waals surface area contributed by atoms with Crippen molar-refractivity contribution in [3.05, 3.63) is 90.3 Å². The maximum Gasteiger partial charge on any atom is 0.277 e. The molecule has 5 rings (SSSR count). The summed E-state index contributed by atoms with van der Waals surface area (Å²) in [6.07, 6.45) is 0.662. The SMILES string of the molecule is CC(Cc1nnc(SCC(=O)N2c3ccccc3Sc3ccccc32)o1)c1ccccc1. The molecule has 0 spiro atoms. The number of thioether (sulfide) groups is 1. The molecule has 0 radical (unpaired) electrons. The van der Waals surface area contributed by atoms with Crippen LogP contribution in [-0.2, 0) is 11.2 Å². The number of aromatic nitrogens is 2. The summed E-state index contributed by atoms with van der Waals surface area (Å²) in [5.74, 6) is 1.05. The van der Waals surface area contributed by atoms with E-state index in [2.05, 4.69) is 29.3 Å². The van der Waals surface area contributed by atoms with Crippen LogP contribution in [0.1, 0.15) is 24.3 Å². The van der Waals surface area contributed by atoms with Crippen molar-refractivity contribution in [3.8, 4) is 0 Å². The molecule has 1 amide bonds. The highest BCUT2D eigenvalue weighted by Gasteiger charge is 2.28. The quantitative estimate of drug-likeness (QED) is 0.314. The van der Waals surface area contributed by atoms with Crippen LogP contribution in [0.15, 0.2) is 98.3 Å². The molecule has 3 aromatic carbocycles. The van der Waals surface area contributed by atoms with Crippen LogP contribution >= 0.6 is 23.5 Å². The first-order valence-corrected chi connectivity index (χ1v) is 12.2. The molecule has 1 aromatic heterocycles. The van der Waals surface area contributed by atoms with Gasteiger partial charge in [0.1, 0.15) is 0 Å². The van der Waals surface area contributed by atoms with Gasteiger partial charge in [-0.05, 0) is 35.7 Å². The largest absolute Gasteiger partial charge is 0.416 e. The van der Waals surface area contributed by atoms with Crippen molar-refractivity contribution in [2.24, 2.45) is 0 Å². The first-order chi connectivity index (χ1) is 15.7. The summed E-state index contributed by atoms with van der Waals surface area (Å²) >= 11 is 2.96. The molecule has 0 saturated carbocycles. The second kappa shape index (κ2) is 9.22. The number of fused-ring (bicyclic) bond motifs is 2. The first kappa shape index (κ1) is 20.8. The van der Waals surface area contributed by atoms with Crippen LogP contribution in [0, 0.1) is 0 Å². The standard InChI is InChI=1S/C25H21N3O2S2/c1-17(18-9-3-2-4-10-18)15-23-26-27-25(30-23)31-16-24(29)28-19-11-5-7-13-21(19)32-22-14-8-6-12-20(22)28/h2-14,17H,15-16H2,1H3. The molecule has 4 aromatic rings. The molecule has 0 aliphatic carbocycles. The molecule has 160 valence electrons. The van der Waals surface area contributed by atoms with E-state index in [-0.39, 0.29) is 17.6 Å². The van der Waals surface area contributed by atoms with Crippen LogP contribution < -0.4 is 4.90 Å². The molecule has 1 aliphatic heterocycles. The minimum absolute atomic E-state index is 0.0207. The number of anilines is 2. The van der Waals surface area contributed by atoms with Crippen LogP contribution in [0.2, 0.25) is 0 Å². The van der Waals surface area contributed by atoms with Crippen molar-refractivity contribution in [1.82, 2.24) is 10.2 Å². The maximum atomic E-state index is 13.3. The summed E-state index contributed by atoms with van der Waals surface area (Å²) < 4.78 is 5.82. The number of hydrogen-bond donors (Lipinski definition) is 0. The lowest BCUT2D eigenvalue weighted by Crippen LogP contribution is -2.29. The highest BCUT2D eigenvalue weighted by molar-refractivity contribution is 8.00. The average molecular weight is 460 g/mol. The molecular formula is C25H21N3O2S2. The Balaban J connectivity index is 1.28. The zero-order chi connectivity index (χ0) is 21.9. The van der Waals surface area contributed by atoms with Crippen molar-refractivity contribution >= 4 is 40.8 Å². The third-order valence-electron chi connectivity index (χ3n) is 5.30. The summed E-state index contributed by atoms with van der Waals surface area (Å²) in [5.41, 5.74) is 3.05. The second-order valence-corrected chi connectivity index (χ2v) is 9.54. The molecule has 5 nitrogen and oxygen atoms in total. The van der Waals surface area contributed by atoms with Gasteiger partial charge in [-0.2, -0.15) is 0 Å². The summed E-state index contributed by atoms with van der Waals surface area (Å²) in [6, 6.07) is 26.2. The number of amides is 1. The van der Waals surface area contributed by atoms with Gasteiger partial charge in [-0.1, -0.05) is 85.0 Å². The van der Waals surface area contributed by atoms with Crippen LogP contribution in [-0.4, -0.2) is 21.9 Å². The fourth-order valence-corrected chi connectivity index (χ4v) is 5.39. The van der Waals surface area contributed by atoms with E-state index in [4.69, 9.17) is 4.42 Å². The lowest BCUT2D eigenvalue weighted by molar-refractivity contribution is -0.115. The molecular weight excluding hydrogens is 438 g/mol. The number of benzene rings is 3. The van der Waals surface area contributed by atoms with Crippen molar-refractivity contribution in [2.45, 2.75) is 34.3 Å². The van der Waals surface area contributed by atoms with E-state index in [0.29, 0.717) is 17.5 Å². The van der Waals surface area contributed by atoms with Gasteiger partial charge >= 0.3 is 0 Å². The molecule has 0 saturated heterocycles. The Kier molecular flexibility index (Phi) is 6.01. The highest BCUT2D eigenvalue weighted by atomic mass is 32.2. The second-order valence-electron chi connectivity index (χ2n) is 7.53. The van der Waals surface area contributed by atoms with E-state index in [1.807, 2.05) is 66.7 Å². The number of carbonyl (C=O) groups excluding carboxylic acids is 1. The Bertz CT molecular complexity index is 1200. The van der Waals surface area contributed by atoms with Gasteiger partial charge in [0.05, 0.1) is 17.1 Å². The predicted octanol–water partition coefficient (Wildman–Crippen LogP) is 6.34. The summed E-state index contributed by atoms with van der Waals surface area (Å²) in [6.45, 7) is 2.14. The van der Waals surface area contributed by atoms with Crippen LogP contribution in [0.3, 0.4) is 0 Å². The van der Waals surface area contributed by atoms with E-state index < -0.39 is 0 Å². The van der Waals surface area contributed by atoms with E-state index in [9.17, 15) is 4.79 Å². The molecule has 7 heteroatoms. The minimum Gasteiger partial charge on any atom is -0.416 e. The van der Waals surface area contributed by atoms with E-state index in [1.165, 1.54) is 17.3 Å². The fraction of sp³-hybridized carbons (Fsp3) is 0.160. The summed E-state index contributed by atoms with van der Waals surface area (Å²) in [5, 5.41) is 8.74. The molecule has 0 N–H and O–H groups in total. The van der Waals surface area contributed by atoms with Crippen molar-refractivity contribution < 1.29 is 9.21 Å². The smallest absolute Gasteiger partial charge is 0.277 e. The summed E-state index contributed by atoms with van der Waals surface area (Å²) in [4.78, 5) is 17.2. The van der Waals surface area contributed by atoms with E-state index >= 15 is 0 Å². The Morgan fingerprint density at radius 3 is 2.25 bits per heavy atom. The van der Waals surface area contributed by atoms with Crippen molar-refractivity contribution in [3.63, 3.8) is 0 Å². The topological polar surface area (TPSA) is 59.2 Å². The van der Waals surface area contributed by atoms with E-state index in [1.54, 1.807) is 16.7 Å². The number of rotatable bonds is 6. The average Bonchev–Trinajstić information content (AvgIpc) is 3.28. The Morgan fingerprint density at radius 1 is 0.938 bits per heavy atom. The molecule has 0 bridgehead atoms. The zero-order valence-corrected chi connectivity index (χ0v) is 19.1. The van der Waals surface area contributed by atoms with E-state index in [0.717, 1.165) is 21.2 Å². The normalized spacial score (nSPS) is 13.3. The molecule has 2 heterocycles. The Labute approximate surface area is 195 Å². The Hall–Kier alpha value is -3.03. The number of nitrogens with zero attached hydrogens (tertiary/aromatic N) is 3. The molecule has 1 aliphatic rings. The third-order valence-corrected chi connectivity index (χ3v) is 7.23. The van der Waals surface area contributed by atoms with Gasteiger partial charge in [0.25, 0.3) is 5.22 Å². The molecule has 0 fully saturated rings. The van der Waals surface area contributed by atoms with Gasteiger partial charge in [-0.3, -0.25) is 9.69 Å². The first-order valence-electron chi connectivity index (χ1n) is 10.4. The summed E-state index contributed by atoms with van der Waals surface area (Å²) in [7, 11) is 0. The molecule has 1 atom stereocenters. The Morgan fingerprint density at radius 2 is 1.56 bits per heavy atom. The molecule has 1 unspecified atom stereocenters. The number of para-hydroxylation sites is 2. The highest BCUT2D eigenvalue weighted by Crippen LogP contribution is 2.48. The van der Waals surface area contributed by atoms with Gasteiger partial charge in [-0.25, -0.2) is 0 Å². The maximum absolute atomic E-state index is 13.3. The number of hydrogen-bond acceptors (Lipinski definition) is 6. The van der Waals surface area contributed by atoms with Crippen molar-refractivity contribution in [2.75, 3.05) is 10.7 Å². The fourth-order valence-electron chi connectivity index (χ4n) is 3.70. The van der Waals surface area contributed by atoms with Crippen LogP contribution in [0.4, 0.5) is 11.4 Å². The third kappa shape index (κ3) is 4.31.